The highest BCUT2D eigenvalue weighted by Gasteiger charge is 2.11. The van der Waals surface area contributed by atoms with Crippen LogP contribution in [0.25, 0.3) is 0 Å². The Bertz CT molecular complexity index is 241. The van der Waals surface area contributed by atoms with E-state index in [1.54, 1.807) is 0 Å². The molecule has 0 aliphatic carbocycles. The molecule has 100 valence electrons. The second-order valence-electron chi connectivity index (χ2n) is 4.81. The molecule has 1 amide bonds. The van der Waals surface area contributed by atoms with Crippen molar-refractivity contribution in [2.24, 2.45) is 11.8 Å². The standard InChI is InChI=1S/C13H25NO3/c1-4-5-11(3)13(17)14-9-8-10(2)6-7-12(15)16/h10-11H,4-9H2,1-3H3,(H,14,17)(H,15,16). The van der Waals surface area contributed by atoms with Crippen molar-refractivity contribution >= 4 is 11.9 Å². The van der Waals surface area contributed by atoms with Crippen LogP contribution in [0.3, 0.4) is 0 Å². The average Bonchev–Trinajstić information content (AvgIpc) is 2.26. The molecule has 0 aromatic carbocycles. The SMILES string of the molecule is CCCC(C)C(=O)NCCC(C)CCC(=O)O. The number of hydrogen-bond acceptors (Lipinski definition) is 2. The highest BCUT2D eigenvalue weighted by Crippen LogP contribution is 2.10. The van der Waals surface area contributed by atoms with Gasteiger partial charge in [-0.15, -0.1) is 0 Å². The molecular weight excluding hydrogens is 218 g/mol. The molecule has 0 aromatic rings. The summed E-state index contributed by atoms with van der Waals surface area (Å²) in [7, 11) is 0. The molecule has 0 aliphatic rings. The van der Waals surface area contributed by atoms with Gasteiger partial charge in [0.2, 0.25) is 5.91 Å². The number of nitrogens with one attached hydrogen (secondary N) is 1. The molecule has 0 radical (unpaired) electrons. The number of carboxylic acid groups (broad SMARTS) is 1. The maximum atomic E-state index is 11.6. The Morgan fingerprint density at radius 2 is 1.82 bits per heavy atom. The van der Waals surface area contributed by atoms with E-state index in [9.17, 15) is 9.59 Å². The molecular formula is C13H25NO3. The lowest BCUT2D eigenvalue weighted by Crippen LogP contribution is -2.30. The van der Waals surface area contributed by atoms with Crippen molar-refractivity contribution in [3.63, 3.8) is 0 Å². The zero-order valence-corrected chi connectivity index (χ0v) is 11.2. The van der Waals surface area contributed by atoms with Crippen molar-refractivity contribution in [3.05, 3.63) is 0 Å². The Kier molecular flexibility index (Phi) is 8.46. The molecule has 0 heterocycles. The van der Waals surface area contributed by atoms with Gasteiger partial charge in [0.05, 0.1) is 0 Å². The summed E-state index contributed by atoms with van der Waals surface area (Å²) >= 11 is 0. The zero-order valence-electron chi connectivity index (χ0n) is 11.2. The Hall–Kier alpha value is -1.06. The number of aliphatic carboxylic acids is 1. The Morgan fingerprint density at radius 3 is 2.35 bits per heavy atom. The molecule has 2 N–H and O–H groups in total. The van der Waals surface area contributed by atoms with Gasteiger partial charge in [-0.05, 0) is 25.2 Å². The fourth-order valence-electron chi connectivity index (χ4n) is 1.69. The Morgan fingerprint density at radius 1 is 1.18 bits per heavy atom. The van der Waals surface area contributed by atoms with Crippen LogP contribution in [0.2, 0.25) is 0 Å². The maximum Gasteiger partial charge on any atom is 0.303 e. The summed E-state index contributed by atoms with van der Waals surface area (Å²) in [5, 5.41) is 11.4. The minimum Gasteiger partial charge on any atom is -0.481 e. The first-order valence-electron chi connectivity index (χ1n) is 6.46. The monoisotopic (exact) mass is 243 g/mol. The van der Waals surface area contributed by atoms with Gasteiger partial charge in [0.15, 0.2) is 0 Å². The average molecular weight is 243 g/mol. The van der Waals surface area contributed by atoms with Gasteiger partial charge in [-0.2, -0.15) is 0 Å². The Balaban J connectivity index is 3.61. The third-order valence-corrected chi connectivity index (χ3v) is 2.96. The molecule has 0 spiro atoms. The predicted molar refractivity (Wildman–Crippen MR) is 67.7 cm³/mol. The largest absolute Gasteiger partial charge is 0.481 e. The number of carbonyl (C=O) groups excluding carboxylic acids is 1. The number of carbonyl (C=O) groups is 2. The van der Waals surface area contributed by atoms with E-state index in [2.05, 4.69) is 12.2 Å². The minimum absolute atomic E-state index is 0.0781. The normalized spacial score (nSPS) is 14.1. The number of amides is 1. The quantitative estimate of drug-likeness (QED) is 0.653. The van der Waals surface area contributed by atoms with Crippen molar-refractivity contribution < 1.29 is 14.7 Å². The predicted octanol–water partition coefficient (Wildman–Crippen LogP) is 2.43. The van der Waals surface area contributed by atoms with Crippen LogP contribution in [-0.2, 0) is 9.59 Å². The van der Waals surface area contributed by atoms with E-state index in [0.29, 0.717) is 18.9 Å². The topological polar surface area (TPSA) is 66.4 Å². The third-order valence-electron chi connectivity index (χ3n) is 2.96. The maximum absolute atomic E-state index is 11.6. The van der Waals surface area contributed by atoms with Crippen molar-refractivity contribution in [2.45, 2.75) is 52.9 Å². The fraction of sp³-hybridized carbons (Fsp3) is 0.846. The first-order valence-corrected chi connectivity index (χ1v) is 6.46. The molecule has 0 fully saturated rings. The van der Waals surface area contributed by atoms with E-state index in [1.165, 1.54) is 0 Å². The molecule has 4 heteroatoms. The lowest BCUT2D eigenvalue weighted by Gasteiger charge is -2.13. The molecule has 0 aromatic heterocycles. The highest BCUT2D eigenvalue weighted by molar-refractivity contribution is 5.78. The van der Waals surface area contributed by atoms with Gasteiger partial charge in [-0.25, -0.2) is 0 Å². The molecule has 0 bridgehead atoms. The van der Waals surface area contributed by atoms with Crippen LogP contribution >= 0.6 is 0 Å². The summed E-state index contributed by atoms with van der Waals surface area (Å²) < 4.78 is 0. The molecule has 0 aliphatic heterocycles. The van der Waals surface area contributed by atoms with Gasteiger partial charge in [-0.1, -0.05) is 27.2 Å². The minimum atomic E-state index is -0.752. The van der Waals surface area contributed by atoms with Crippen LogP contribution in [0.15, 0.2) is 0 Å². The van der Waals surface area contributed by atoms with E-state index in [0.717, 1.165) is 19.3 Å². The second kappa shape index (κ2) is 9.02. The van der Waals surface area contributed by atoms with Gasteiger partial charge >= 0.3 is 5.97 Å². The molecule has 2 atom stereocenters. The second-order valence-corrected chi connectivity index (χ2v) is 4.81. The van der Waals surface area contributed by atoms with Crippen LogP contribution in [-0.4, -0.2) is 23.5 Å². The molecule has 17 heavy (non-hydrogen) atoms. The summed E-state index contributed by atoms with van der Waals surface area (Å²) in [6.45, 7) is 6.67. The van der Waals surface area contributed by atoms with Crippen molar-refractivity contribution in [3.8, 4) is 0 Å². The van der Waals surface area contributed by atoms with E-state index in [-0.39, 0.29) is 18.2 Å². The van der Waals surface area contributed by atoms with Gasteiger partial charge in [0.1, 0.15) is 0 Å². The summed E-state index contributed by atoms with van der Waals surface area (Å²) in [5.74, 6) is -0.225. The smallest absolute Gasteiger partial charge is 0.303 e. The molecule has 0 rings (SSSR count). The van der Waals surface area contributed by atoms with E-state index in [4.69, 9.17) is 5.11 Å². The van der Waals surface area contributed by atoms with E-state index < -0.39 is 5.97 Å². The zero-order chi connectivity index (χ0) is 13.3. The van der Waals surface area contributed by atoms with Gasteiger partial charge in [0, 0.05) is 18.9 Å². The lowest BCUT2D eigenvalue weighted by atomic mass is 10.0. The van der Waals surface area contributed by atoms with E-state index in [1.807, 2.05) is 13.8 Å². The molecule has 0 saturated heterocycles. The van der Waals surface area contributed by atoms with Gasteiger partial charge < -0.3 is 10.4 Å². The number of rotatable bonds is 9. The van der Waals surface area contributed by atoms with Crippen LogP contribution in [0.1, 0.15) is 52.9 Å². The summed E-state index contributed by atoms with van der Waals surface area (Å²) in [6.07, 6.45) is 3.67. The molecule has 4 nitrogen and oxygen atoms in total. The first kappa shape index (κ1) is 15.9. The number of hydrogen-bond donors (Lipinski definition) is 2. The van der Waals surface area contributed by atoms with Gasteiger partial charge in [-0.3, -0.25) is 9.59 Å². The summed E-state index contributed by atoms with van der Waals surface area (Å²) in [5.41, 5.74) is 0. The molecule has 0 saturated carbocycles. The first-order chi connectivity index (χ1) is 7.97. The van der Waals surface area contributed by atoms with Crippen molar-refractivity contribution in [1.82, 2.24) is 5.32 Å². The lowest BCUT2D eigenvalue weighted by molar-refractivity contribution is -0.137. The number of carboxylic acids is 1. The summed E-state index contributed by atoms with van der Waals surface area (Å²) in [6, 6.07) is 0. The van der Waals surface area contributed by atoms with Crippen LogP contribution in [0.4, 0.5) is 0 Å². The molecule has 2 unspecified atom stereocenters. The highest BCUT2D eigenvalue weighted by atomic mass is 16.4. The van der Waals surface area contributed by atoms with Gasteiger partial charge in [0.25, 0.3) is 0 Å². The fourth-order valence-corrected chi connectivity index (χ4v) is 1.69. The van der Waals surface area contributed by atoms with Crippen molar-refractivity contribution in [1.29, 1.82) is 0 Å². The Labute approximate surface area is 104 Å². The van der Waals surface area contributed by atoms with Crippen LogP contribution < -0.4 is 5.32 Å². The summed E-state index contributed by atoms with van der Waals surface area (Å²) in [4.78, 5) is 22.0. The van der Waals surface area contributed by atoms with Crippen LogP contribution in [0.5, 0.6) is 0 Å². The van der Waals surface area contributed by atoms with Crippen molar-refractivity contribution in [2.75, 3.05) is 6.54 Å². The third kappa shape index (κ3) is 8.72. The van der Waals surface area contributed by atoms with E-state index >= 15 is 0 Å². The van der Waals surface area contributed by atoms with Crippen LogP contribution in [0, 0.1) is 11.8 Å².